The fourth-order valence-corrected chi connectivity index (χ4v) is 4.36. The van der Waals surface area contributed by atoms with Crippen LogP contribution in [-0.4, -0.2) is 33.7 Å². The van der Waals surface area contributed by atoms with Crippen LogP contribution in [0.1, 0.15) is 36.6 Å². The third-order valence-electron chi connectivity index (χ3n) is 4.66. The van der Waals surface area contributed by atoms with E-state index in [1.165, 1.54) is 7.11 Å². The minimum Gasteiger partial charge on any atom is -0.497 e. The SMILES string of the molecule is COc1cccc(N([C@@H](C)C(=O)N[C@@H](C)c2cc(C)ccc2C)S(C)(=O)=O)c1. The van der Waals surface area contributed by atoms with Crippen LogP contribution in [0, 0.1) is 13.8 Å². The maximum Gasteiger partial charge on any atom is 0.244 e. The zero-order valence-corrected chi connectivity index (χ0v) is 18.0. The van der Waals surface area contributed by atoms with Gasteiger partial charge in [0.25, 0.3) is 0 Å². The van der Waals surface area contributed by atoms with Crippen LogP contribution in [-0.2, 0) is 14.8 Å². The van der Waals surface area contributed by atoms with Crippen LogP contribution in [0.3, 0.4) is 0 Å². The van der Waals surface area contributed by atoms with Crippen LogP contribution >= 0.6 is 0 Å². The number of amides is 1. The van der Waals surface area contributed by atoms with Gasteiger partial charge in [-0.2, -0.15) is 0 Å². The molecule has 0 radical (unpaired) electrons. The molecule has 0 unspecified atom stereocenters. The van der Waals surface area contributed by atoms with Crippen molar-refractivity contribution in [3.05, 3.63) is 59.2 Å². The molecule has 1 amide bonds. The lowest BCUT2D eigenvalue weighted by Gasteiger charge is -2.29. The highest BCUT2D eigenvalue weighted by Crippen LogP contribution is 2.26. The average molecular weight is 405 g/mol. The third kappa shape index (κ3) is 5.04. The summed E-state index contributed by atoms with van der Waals surface area (Å²) >= 11 is 0. The number of sulfonamides is 1. The van der Waals surface area contributed by atoms with Gasteiger partial charge in [0, 0.05) is 6.07 Å². The predicted molar refractivity (Wildman–Crippen MR) is 112 cm³/mol. The molecule has 0 aliphatic carbocycles. The lowest BCUT2D eigenvalue weighted by atomic mass is 10.00. The van der Waals surface area contributed by atoms with Crippen LogP contribution in [0.4, 0.5) is 5.69 Å². The molecule has 152 valence electrons. The number of nitrogens with one attached hydrogen (secondary N) is 1. The Morgan fingerprint density at radius 3 is 2.39 bits per heavy atom. The van der Waals surface area contributed by atoms with E-state index in [0.29, 0.717) is 11.4 Å². The van der Waals surface area contributed by atoms with Crippen molar-refractivity contribution in [3.8, 4) is 5.75 Å². The third-order valence-corrected chi connectivity index (χ3v) is 5.90. The monoisotopic (exact) mass is 404 g/mol. The van der Waals surface area contributed by atoms with Crippen LogP contribution in [0.2, 0.25) is 0 Å². The number of ether oxygens (including phenoxy) is 1. The van der Waals surface area contributed by atoms with Crippen LogP contribution in [0.5, 0.6) is 5.75 Å². The molecule has 0 saturated heterocycles. The zero-order valence-electron chi connectivity index (χ0n) is 17.2. The minimum atomic E-state index is -3.69. The highest BCUT2D eigenvalue weighted by Gasteiger charge is 2.30. The van der Waals surface area contributed by atoms with E-state index < -0.39 is 16.1 Å². The first kappa shape index (κ1) is 21.8. The molecular formula is C21H28N2O4S. The number of aryl methyl sites for hydroxylation is 2. The number of anilines is 1. The molecule has 0 aliphatic heterocycles. The van der Waals surface area contributed by atoms with Gasteiger partial charge >= 0.3 is 0 Å². The molecule has 7 heteroatoms. The first-order chi connectivity index (χ1) is 13.0. The Morgan fingerprint density at radius 2 is 1.79 bits per heavy atom. The van der Waals surface area contributed by atoms with Gasteiger partial charge < -0.3 is 10.1 Å². The Labute approximate surface area is 167 Å². The average Bonchev–Trinajstić information content (AvgIpc) is 2.62. The van der Waals surface area contributed by atoms with Crippen molar-refractivity contribution in [1.29, 1.82) is 0 Å². The van der Waals surface area contributed by atoms with Crippen molar-refractivity contribution in [1.82, 2.24) is 5.32 Å². The Morgan fingerprint density at radius 1 is 1.11 bits per heavy atom. The summed E-state index contributed by atoms with van der Waals surface area (Å²) in [5.74, 6) is 0.143. The molecule has 0 bridgehead atoms. The van der Waals surface area contributed by atoms with E-state index in [2.05, 4.69) is 5.32 Å². The molecule has 0 aromatic heterocycles. The van der Waals surface area contributed by atoms with Crippen LogP contribution in [0.25, 0.3) is 0 Å². The second-order valence-corrected chi connectivity index (χ2v) is 8.89. The molecule has 2 atom stereocenters. The topological polar surface area (TPSA) is 75.7 Å². The van der Waals surface area contributed by atoms with E-state index in [-0.39, 0.29) is 11.9 Å². The van der Waals surface area contributed by atoms with Gasteiger partial charge in [-0.1, -0.05) is 29.8 Å². The van der Waals surface area contributed by atoms with Crippen molar-refractivity contribution >= 4 is 21.6 Å². The van der Waals surface area contributed by atoms with Gasteiger partial charge in [0.15, 0.2) is 0 Å². The summed E-state index contributed by atoms with van der Waals surface area (Å²) in [4.78, 5) is 12.9. The largest absolute Gasteiger partial charge is 0.497 e. The van der Waals surface area contributed by atoms with E-state index in [1.54, 1.807) is 31.2 Å². The van der Waals surface area contributed by atoms with E-state index in [9.17, 15) is 13.2 Å². The van der Waals surface area contributed by atoms with Crippen molar-refractivity contribution in [2.45, 2.75) is 39.8 Å². The molecule has 28 heavy (non-hydrogen) atoms. The molecule has 0 saturated carbocycles. The van der Waals surface area contributed by atoms with Gasteiger partial charge in [-0.15, -0.1) is 0 Å². The van der Waals surface area contributed by atoms with Gasteiger partial charge in [0.2, 0.25) is 15.9 Å². The molecule has 6 nitrogen and oxygen atoms in total. The second-order valence-electron chi connectivity index (χ2n) is 7.03. The van der Waals surface area contributed by atoms with Gasteiger partial charge in [0.05, 0.1) is 25.1 Å². The van der Waals surface area contributed by atoms with Gasteiger partial charge in [-0.05, 0) is 51.0 Å². The maximum absolute atomic E-state index is 12.9. The number of hydrogen-bond donors (Lipinski definition) is 1. The number of benzene rings is 2. The fraction of sp³-hybridized carbons (Fsp3) is 0.381. The van der Waals surface area contributed by atoms with Gasteiger partial charge in [-0.25, -0.2) is 8.42 Å². The van der Waals surface area contributed by atoms with Gasteiger partial charge in [-0.3, -0.25) is 9.10 Å². The number of methoxy groups -OCH3 is 1. The number of rotatable bonds is 7. The maximum atomic E-state index is 12.9. The molecule has 2 rings (SSSR count). The highest BCUT2D eigenvalue weighted by atomic mass is 32.2. The first-order valence-electron chi connectivity index (χ1n) is 9.05. The van der Waals surface area contributed by atoms with Crippen molar-refractivity contribution < 1.29 is 17.9 Å². The van der Waals surface area contributed by atoms with E-state index >= 15 is 0 Å². The van der Waals surface area contributed by atoms with Crippen LogP contribution in [0.15, 0.2) is 42.5 Å². The van der Waals surface area contributed by atoms with Crippen molar-refractivity contribution in [3.63, 3.8) is 0 Å². The summed E-state index contributed by atoms with van der Waals surface area (Å²) in [7, 11) is -2.18. The van der Waals surface area contributed by atoms with E-state index in [0.717, 1.165) is 27.3 Å². The lowest BCUT2D eigenvalue weighted by Crippen LogP contribution is -2.48. The van der Waals surface area contributed by atoms with Crippen molar-refractivity contribution in [2.24, 2.45) is 0 Å². The summed E-state index contributed by atoms with van der Waals surface area (Å²) in [6.07, 6.45) is 1.09. The molecule has 1 N–H and O–H groups in total. The van der Waals surface area contributed by atoms with E-state index in [1.807, 2.05) is 39.0 Å². The Kier molecular flexibility index (Phi) is 6.72. The fourth-order valence-electron chi connectivity index (χ4n) is 3.19. The number of hydrogen-bond acceptors (Lipinski definition) is 4. The Balaban J connectivity index is 2.30. The first-order valence-corrected chi connectivity index (χ1v) is 10.9. The number of nitrogens with zero attached hydrogens (tertiary/aromatic N) is 1. The summed E-state index contributed by atoms with van der Waals surface area (Å²) in [5, 5.41) is 2.94. The number of carbonyl (C=O) groups excluding carboxylic acids is 1. The van der Waals surface area contributed by atoms with Gasteiger partial charge in [0.1, 0.15) is 11.8 Å². The molecular weight excluding hydrogens is 376 g/mol. The molecule has 0 aliphatic rings. The molecule has 0 spiro atoms. The predicted octanol–water partition coefficient (Wildman–Crippen LogP) is 3.34. The normalized spacial score (nSPS) is 13.5. The zero-order chi connectivity index (χ0) is 21.1. The summed E-state index contributed by atoms with van der Waals surface area (Å²) in [5.41, 5.74) is 3.56. The Bertz CT molecular complexity index is 957. The summed E-state index contributed by atoms with van der Waals surface area (Å²) in [6.45, 7) is 7.45. The quantitative estimate of drug-likeness (QED) is 0.768. The standard InChI is InChI=1S/C21H28N2O4S/c1-14-10-11-15(2)20(12-14)16(3)22-21(24)17(4)23(28(6,25)26)18-8-7-9-19(13-18)27-5/h7-13,16-17H,1-6H3,(H,22,24)/t16-,17-/m0/s1. The Hall–Kier alpha value is -2.54. The highest BCUT2D eigenvalue weighted by molar-refractivity contribution is 7.92. The minimum absolute atomic E-state index is 0.249. The number of carbonyl (C=O) groups is 1. The molecule has 0 heterocycles. The van der Waals surface area contributed by atoms with Crippen molar-refractivity contribution in [2.75, 3.05) is 17.7 Å². The summed E-state index contributed by atoms with van der Waals surface area (Å²) < 4.78 is 31.2. The lowest BCUT2D eigenvalue weighted by molar-refractivity contribution is -0.122. The molecule has 2 aromatic carbocycles. The van der Waals surface area contributed by atoms with Crippen LogP contribution < -0.4 is 14.4 Å². The molecule has 0 fully saturated rings. The summed E-state index contributed by atoms with van der Waals surface area (Å²) in [6, 6.07) is 11.5. The van der Waals surface area contributed by atoms with E-state index in [4.69, 9.17) is 4.74 Å². The second kappa shape index (κ2) is 8.65. The molecule has 2 aromatic rings. The smallest absolute Gasteiger partial charge is 0.244 e.